The lowest BCUT2D eigenvalue weighted by Crippen LogP contribution is -2.28. The molecule has 1 heterocycles. The maximum absolute atomic E-state index is 4.23. The van der Waals surface area contributed by atoms with Gasteiger partial charge in [-0.15, -0.1) is 0 Å². The van der Waals surface area contributed by atoms with Crippen molar-refractivity contribution in [2.75, 3.05) is 24.2 Å². The molecule has 0 saturated carbocycles. The highest BCUT2D eigenvalue weighted by molar-refractivity contribution is 9.10. The smallest absolute Gasteiger partial charge is 0.131 e. The summed E-state index contributed by atoms with van der Waals surface area (Å²) in [5.41, 5.74) is 1.29. The SMILES string of the molecule is CNc1cc(NCC(C)(C)c2cccc(Br)c2)ncn1. The summed E-state index contributed by atoms with van der Waals surface area (Å²) in [4.78, 5) is 8.33. The highest BCUT2D eigenvalue weighted by atomic mass is 79.9. The molecular weight excluding hydrogens is 316 g/mol. The summed E-state index contributed by atoms with van der Waals surface area (Å²) in [6.07, 6.45) is 1.56. The van der Waals surface area contributed by atoms with Crippen LogP contribution in [-0.2, 0) is 5.41 Å². The molecule has 0 amide bonds. The molecule has 2 aromatic rings. The normalized spacial score (nSPS) is 11.2. The average molecular weight is 335 g/mol. The standard InChI is InChI=1S/C15H19BrN4/c1-15(2,11-5-4-6-12(16)7-11)9-18-14-8-13(17-3)19-10-20-14/h4-8,10H,9H2,1-3H3,(H2,17,18,19,20). The van der Waals surface area contributed by atoms with Crippen LogP contribution in [0.4, 0.5) is 11.6 Å². The Bertz CT molecular complexity index is 584. The van der Waals surface area contributed by atoms with Crippen LogP contribution in [0.2, 0.25) is 0 Å². The first kappa shape index (κ1) is 14.8. The molecule has 0 fully saturated rings. The van der Waals surface area contributed by atoms with Gasteiger partial charge in [0, 0.05) is 29.5 Å². The van der Waals surface area contributed by atoms with Crippen molar-refractivity contribution in [1.29, 1.82) is 0 Å². The molecule has 2 rings (SSSR count). The zero-order valence-electron chi connectivity index (χ0n) is 11.9. The summed E-state index contributed by atoms with van der Waals surface area (Å²) in [7, 11) is 1.84. The Morgan fingerprint density at radius 1 is 1.15 bits per heavy atom. The Labute approximate surface area is 128 Å². The van der Waals surface area contributed by atoms with E-state index in [0.29, 0.717) is 0 Å². The van der Waals surface area contributed by atoms with Gasteiger partial charge in [-0.2, -0.15) is 0 Å². The van der Waals surface area contributed by atoms with E-state index in [1.54, 1.807) is 6.33 Å². The van der Waals surface area contributed by atoms with Crippen molar-refractivity contribution in [3.8, 4) is 0 Å². The summed E-state index contributed by atoms with van der Waals surface area (Å²) < 4.78 is 1.10. The molecule has 20 heavy (non-hydrogen) atoms. The maximum atomic E-state index is 4.23. The monoisotopic (exact) mass is 334 g/mol. The highest BCUT2D eigenvalue weighted by Gasteiger charge is 2.20. The average Bonchev–Trinajstić information content (AvgIpc) is 2.45. The second-order valence-corrected chi connectivity index (χ2v) is 6.20. The predicted octanol–water partition coefficient (Wildman–Crippen LogP) is 3.67. The van der Waals surface area contributed by atoms with Gasteiger partial charge in [0.1, 0.15) is 18.0 Å². The van der Waals surface area contributed by atoms with Gasteiger partial charge in [-0.05, 0) is 17.7 Å². The maximum Gasteiger partial charge on any atom is 0.131 e. The van der Waals surface area contributed by atoms with E-state index < -0.39 is 0 Å². The molecule has 0 aliphatic carbocycles. The third-order valence-corrected chi connectivity index (χ3v) is 3.73. The van der Waals surface area contributed by atoms with Crippen LogP contribution >= 0.6 is 15.9 Å². The minimum Gasteiger partial charge on any atom is -0.373 e. The van der Waals surface area contributed by atoms with E-state index in [1.807, 2.05) is 19.2 Å². The first-order valence-electron chi connectivity index (χ1n) is 6.51. The van der Waals surface area contributed by atoms with Crippen molar-refractivity contribution in [3.05, 3.63) is 46.7 Å². The van der Waals surface area contributed by atoms with E-state index in [9.17, 15) is 0 Å². The molecule has 0 aliphatic rings. The van der Waals surface area contributed by atoms with E-state index in [2.05, 4.69) is 68.6 Å². The number of rotatable bonds is 5. The number of hydrogen-bond acceptors (Lipinski definition) is 4. The number of nitrogens with zero attached hydrogens (tertiary/aromatic N) is 2. The van der Waals surface area contributed by atoms with Gasteiger partial charge in [-0.3, -0.25) is 0 Å². The zero-order chi connectivity index (χ0) is 14.6. The van der Waals surface area contributed by atoms with Gasteiger partial charge < -0.3 is 10.6 Å². The third-order valence-electron chi connectivity index (χ3n) is 3.24. The van der Waals surface area contributed by atoms with Crippen molar-refractivity contribution < 1.29 is 0 Å². The van der Waals surface area contributed by atoms with Gasteiger partial charge in [0.15, 0.2) is 0 Å². The van der Waals surface area contributed by atoms with Crippen LogP contribution < -0.4 is 10.6 Å². The highest BCUT2D eigenvalue weighted by Crippen LogP contribution is 2.26. The molecule has 0 atom stereocenters. The van der Waals surface area contributed by atoms with Gasteiger partial charge >= 0.3 is 0 Å². The van der Waals surface area contributed by atoms with Crippen LogP contribution in [-0.4, -0.2) is 23.6 Å². The van der Waals surface area contributed by atoms with Gasteiger partial charge in [0.25, 0.3) is 0 Å². The van der Waals surface area contributed by atoms with Gasteiger partial charge in [-0.1, -0.05) is 41.9 Å². The lowest BCUT2D eigenvalue weighted by molar-refractivity contribution is 0.556. The second kappa shape index (κ2) is 6.22. The first-order chi connectivity index (χ1) is 9.51. The molecule has 0 radical (unpaired) electrons. The number of nitrogens with one attached hydrogen (secondary N) is 2. The lowest BCUT2D eigenvalue weighted by Gasteiger charge is -2.26. The van der Waals surface area contributed by atoms with Crippen LogP contribution in [0.15, 0.2) is 41.1 Å². The van der Waals surface area contributed by atoms with Gasteiger partial charge in [0.05, 0.1) is 0 Å². The van der Waals surface area contributed by atoms with E-state index >= 15 is 0 Å². The molecule has 0 saturated heterocycles. The molecule has 0 spiro atoms. The Balaban J connectivity index is 2.08. The van der Waals surface area contributed by atoms with Crippen molar-refractivity contribution in [1.82, 2.24) is 9.97 Å². The number of benzene rings is 1. The first-order valence-corrected chi connectivity index (χ1v) is 7.30. The van der Waals surface area contributed by atoms with Crippen molar-refractivity contribution in [2.24, 2.45) is 0 Å². The Morgan fingerprint density at radius 2 is 1.90 bits per heavy atom. The lowest BCUT2D eigenvalue weighted by atomic mass is 9.84. The summed E-state index contributed by atoms with van der Waals surface area (Å²) in [6, 6.07) is 10.3. The second-order valence-electron chi connectivity index (χ2n) is 5.29. The number of hydrogen-bond donors (Lipinski definition) is 2. The Hall–Kier alpha value is -1.62. The number of aromatic nitrogens is 2. The van der Waals surface area contributed by atoms with Gasteiger partial charge in [0.2, 0.25) is 0 Å². The fraction of sp³-hybridized carbons (Fsp3) is 0.333. The summed E-state index contributed by atoms with van der Waals surface area (Å²) in [5, 5.41) is 6.38. The minimum atomic E-state index is 0.00847. The molecule has 4 nitrogen and oxygen atoms in total. The van der Waals surface area contributed by atoms with Crippen molar-refractivity contribution in [2.45, 2.75) is 19.3 Å². The predicted molar refractivity (Wildman–Crippen MR) is 87.2 cm³/mol. The molecular formula is C15H19BrN4. The molecule has 0 bridgehead atoms. The van der Waals surface area contributed by atoms with E-state index in [4.69, 9.17) is 0 Å². The van der Waals surface area contributed by atoms with Gasteiger partial charge in [-0.25, -0.2) is 9.97 Å². The largest absolute Gasteiger partial charge is 0.373 e. The number of halogens is 1. The molecule has 2 N–H and O–H groups in total. The Kier molecular flexibility index (Phi) is 4.60. The summed E-state index contributed by atoms with van der Waals surface area (Å²) in [5.74, 6) is 1.63. The third kappa shape index (κ3) is 3.70. The van der Waals surface area contributed by atoms with Crippen molar-refractivity contribution in [3.63, 3.8) is 0 Å². The van der Waals surface area contributed by atoms with Crippen LogP contribution in [0.3, 0.4) is 0 Å². The summed E-state index contributed by atoms with van der Waals surface area (Å²) >= 11 is 3.52. The fourth-order valence-electron chi connectivity index (χ4n) is 1.91. The van der Waals surface area contributed by atoms with Crippen LogP contribution in [0.5, 0.6) is 0 Å². The van der Waals surface area contributed by atoms with Crippen molar-refractivity contribution >= 4 is 27.6 Å². The van der Waals surface area contributed by atoms with E-state index in [-0.39, 0.29) is 5.41 Å². The number of anilines is 2. The van der Waals surface area contributed by atoms with Crippen LogP contribution in [0.1, 0.15) is 19.4 Å². The molecule has 106 valence electrons. The summed E-state index contributed by atoms with van der Waals surface area (Å²) in [6.45, 7) is 5.22. The molecule has 0 unspecified atom stereocenters. The van der Waals surface area contributed by atoms with E-state index in [0.717, 1.165) is 22.7 Å². The molecule has 1 aromatic heterocycles. The van der Waals surface area contributed by atoms with Crippen LogP contribution in [0, 0.1) is 0 Å². The quantitative estimate of drug-likeness (QED) is 0.875. The molecule has 0 aliphatic heterocycles. The minimum absolute atomic E-state index is 0.00847. The molecule has 1 aromatic carbocycles. The fourth-order valence-corrected chi connectivity index (χ4v) is 2.31. The van der Waals surface area contributed by atoms with E-state index in [1.165, 1.54) is 5.56 Å². The van der Waals surface area contributed by atoms with Crippen LogP contribution in [0.25, 0.3) is 0 Å². The Morgan fingerprint density at radius 3 is 2.60 bits per heavy atom. The zero-order valence-corrected chi connectivity index (χ0v) is 13.5. The topological polar surface area (TPSA) is 49.8 Å². The molecule has 5 heteroatoms.